The summed E-state index contributed by atoms with van der Waals surface area (Å²) in [5.41, 5.74) is -0.515. The molecular weight excluding hydrogens is 359 g/mol. The first-order valence-corrected chi connectivity index (χ1v) is 7.71. The van der Waals surface area contributed by atoms with E-state index < -0.39 is 29.3 Å². The van der Waals surface area contributed by atoms with Gasteiger partial charge >= 0.3 is 12.1 Å². The fourth-order valence-corrected chi connectivity index (χ4v) is 2.97. The molecule has 2 aromatic carbocycles. The van der Waals surface area contributed by atoms with E-state index in [1.54, 1.807) is 0 Å². The minimum atomic E-state index is -4.84. The van der Waals surface area contributed by atoms with Gasteiger partial charge in [-0.05, 0) is 17.5 Å². The summed E-state index contributed by atoms with van der Waals surface area (Å²) in [6, 6.07) is 5.13. The SMILES string of the molecule is Fc1cc2cc(C34OCC(CO3)CO4)ccc2c(F)c1C#CC(F)(F)F. The average Bonchev–Trinajstić information content (AvgIpc) is 2.61. The summed E-state index contributed by atoms with van der Waals surface area (Å²) in [4.78, 5) is 0. The van der Waals surface area contributed by atoms with Crippen molar-refractivity contribution < 1.29 is 36.2 Å². The van der Waals surface area contributed by atoms with Crippen molar-refractivity contribution >= 4 is 10.8 Å². The highest BCUT2D eigenvalue weighted by atomic mass is 19.4. The third-order valence-corrected chi connectivity index (χ3v) is 4.24. The van der Waals surface area contributed by atoms with E-state index in [9.17, 15) is 22.0 Å². The Balaban J connectivity index is 1.79. The molecule has 0 spiro atoms. The van der Waals surface area contributed by atoms with E-state index in [-0.39, 0.29) is 16.7 Å². The quantitative estimate of drug-likeness (QED) is 0.564. The van der Waals surface area contributed by atoms with Crippen molar-refractivity contribution in [2.24, 2.45) is 5.92 Å². The molecule has 3 saturated heterocycles. The van der Waals surface area contributed by atoms with Gasteiger partial charge in [0, 0.05) is 22.8 Å². The number of rotatable bonds is 1. The fraction of sp³-hybridized carbons (Fsp3) is 0.333. The molecule has 3 aliphatic rings. The molecule has 0 N–H and O–H groups in total. The van der Waals surface area contributed by atoms with Crippen molar-refractivity contribution in [2.75, 3.05) is 19.8 Å². The topological polar surface area (TPSA) is 27.7 Å². The number of ether oxygens (including phenoxy) is 3. The Hall–Kier alpha value is -2.21. The van der Waals surface area contributed by atoms with E-state index in [2.05, 4.69) is 0 Å². The molecule has 3 aliphatic heterocycles. The number of hydrogen-bond donors (Lipinski definition) is 0. The molecule has 0 aliphatic carbocycles. The summed E-state index contributed by atoms with van der Waals surface area (Å²) < 4.78 is 81.9. The lowest BCUT2D eigenvalue weighted by atomic mass is 10.0. The van der Waals surface area contributed by atoms with Crippen molar-refractivity contribution in [3.05, 3.63) is 47.0 Å². The van der Waals surface area contributed by atoms with Gasteiger partial charge in [0.1, 0.15) is 11.6 Å². The normalized spacial score (nSPS) is 25.2. The van der Waals surface area contributed by atoms with Gasteiger partial charge in [-0.15, -0.1) is 0 Å². The van der Waals surface area contributed by atoms with Gasteiger partial charge in [0.25, 0.3) is 0 Å². The zero-order valence-corrected chi connectivity index (χ0v) is 13.1. The molecule has 8 heteroatoms. The standard InChI is InChI=1S/C18H11F5O3/c19-15-6-11-5-12(18-24-7-10(8-25-18)9-26-18)1-2-13(11)16(20)14(15)3-4-17(21,22)23/h1-2,5-6,10H,7-9H2. The smallest absolute Gasteiger partial charge is 0.323 e. The van der Waals surface area contributed by atoms with Crippen LogP contribution in [0.5, 0.6) is 0 Å². The summed E-state index contributed by atoms with van der Waals surface area (Å²) in [5.74, 6) is -1.23. The van der Waals surface area contributed by atoms with Crippen LogP contribution in [0.4, 0.5) is 22.0 Å². The van der Waals surface area contributed by atoms with Crippen LogP contribution in [0.1, 0.15) is 11.1 Å². The van der Waals surface area contributed by atoms with Crippen molar-refractivity contribution in [1.82, 2.24) is 0 Å². The van der Waals surface area contributed by atoms with Crippen LogP contribution in [0.3, 0.4) is 0 Å². The second kappa shape index (κ2) is 5.91. The molecule has 26 heavy (non-hydrogen) atoms. The zero-order chi connectivity index (χ0) is 18.5. The molecule has 0 aromatic heterocycles. The Morgan fingerprint density at radius 3 is 2.27 bits per heavy atom. The predicted octanol–water partition coefficient (Wildman–Crippen LogP) is 3.84. The van der Waals surface area contributed by atoms with Gasteiger partial charge in [0.2, 0.25) is 0 Å². The van der Waals surface area contributed by atoms with Gasteiger partial charge in [0.05, 0.1) is 25.4 Å². The molecule has 136 valence electrons. The third kappa shape index (κ3) is 2.92. The maximum absolute atomic E-state index is 14.5. The van der Waals surface area contributed by atoms with Crippen LogP contribution in [0, 0.1) is 29.4 Å². The number of fused-ring (bicyclic) bond motifs is 4. The van der Waals surface area contributed by atoms with E-state index in [1.165, 1.54) is 24.1 Å². The van der Waals surface area contributed by atoms with Crippen LogP contribution in [-0.4, -0.2) is 26.0 Å². The number of benzene rings is 2. The summed E-state index contributed by atoms with van der Waals surface area (Å²) in [6.45, 7) is 1.31. The molecule has 2 aromatic rings. The largest absolute Gasteiger partial charge is 0.458 e. The van der Waals surface area contributed by atoms with Gasteiger partial charge in [-0.3, -0.25) is 0 Å². The van der Waals surface area contributed by atoms with Crippen molar-refractivity contribution in [1.29, 1.82) is 0 Å². The highest BCUT2D eigenvalue weighted by molar-refractivity contribution is 5.85. The number of hydrogen-bond acceptors (Lipinski definition) is 3. The number of halogens is 5. The van der Waals surface area contributed by atoms with Crippen molar-refractivity contribution in [3.63, 3.8) is 0 Å². The molecular formula is C18H11F5O3. The maximum atomic E-state index is 14.5. The molecule has 0 saturated carbocycles. The summed E-state index contributed by atoms with van der Waals surface area (Å²) >= 11 is 0. The Labute approximate surface area is 144 Å². The Morgan fingerprint density at radius 1 is 1.00 bits per heavy atom. The molecule has 3 nitrogen and oxygen atoms in total. The Bertz CT molecular complexity index is 920. The first-order chi connectivity index (χ1) is 12.3. The summed E-state index contributed by atoms with van der Waals surface area (Å²) in [7, 11) is 0. The van der Waals surface area contributed by atoms with Gasteiger partial charge in [-0.25, -0.2) is 8.78 Å². The molecule has 0 amide bonds. The molecule has 0 radical (unpaired) electrons. The lowest BCUT2D eigenvalue weighted by molar-refractivity contribution is -0.460. The zero-order valence-electron chi connectivity index (χ0n) is 13.1. The molecule has 0 unspecified atom stereocenters. The van der Waals surface area contributed by atoms with Crippen molar-refractivity contribution in [2.45, 2.75) is 12.1 Å². The van der Waals surface area contributed by atoms with Crippen LogP contribution in [0.2, 0.25) is 0 Å². The highest BCUT2D eigenvalue weighted by Crippen LogP contribution is 2.40. The molecule has 3 fully saturated rings. The summed E-state index contributed by atoms with van der Waals surface area (Å²) in [6.07, 6.45) is -4.84. The van der Waals surface area contributed by atoms with E-state index in [1.807, 2.05) is 0 Å². The van der Waals surface area contributed by atoms with Gasteiger partial charge in [0.15, 0.2) is 0 Å². The molecule has 2 bridgehead atoms. The minimum Gasteiger partial charge on any atom is -0.323 e. The van der Waals surface area contributed by atoms with E-state index in [4.69, 9.17) is 14.2 Å². The van der Waals surface area contributed by atoms with E-state index >= 15 is 0 Å². The first-order valence-electron chi connectivity index (χ1n) is 7.71. The Kier molecular flexibility index (Phi) is 3.91. The lowest BCUT2D eigenvalue weighted by Crippen LogP contribution is -2.51. The van der Waals surface area contributed by atoms with Crippen LogP contribution < -0.4 is 0 Å². The molecule has 0 atom stereocenters. The van der Waals surface area contributed by atoms with Crippen LogP contribution >= 0.6 is 0 Å². The monoisotopic (exact) mass is 370 g/mol. The average molecular weight is 370 g/mol. The first kappa shape index (κ1) is 17.2. The molecule has 5 rings (SSSR count). The second-order valence-electron chi connectivity index (χ2n) is 6.09. The summed E-state index contributed by atoms with van der Waals surface area (Å²) in [5, 5.41) is 0.0652. The van der Waals surface area contributed by atoms with E-state index in [0.29, 0.717) is 25.4 Å². The van der Waals surface area contributed by atoms with Gasteiger partial charge in [-0.2, -0.15) is 13.2 Å². The van der Waals surface area contributed by atoms with Gasteiger partial charge in [-0.1, -0.05) is 18.1 Å². The predicted molar refractivity (Wildman–Crippen MR) is 79.8 cm³/mol. The van der Waals surface area contributed by atoms with E-state index in [0.717, 1.165) is 12.0 Å². The van der Waals surface area contributed by atoms with Gasteiger partial charge < -0.3 is 14.2 Å². The lowest BCUT2D eigenvalue weighted by Gasteiger charge is -2.45. The Morgan fingerprint density at radius 2 is 1.65 bits per heavy atom. The fourth-order valence-electron chi connectivity index (χ4n) is 2.97. The maximum Gasteiger partial charge on any atom is 0.458 e. The molecule has 3 heterocycles. The third-order valence-electron chi connectivity index (χ3n) is 4.24. The minimum absolute atomic E-state index is 0.0671. The highest BCUT2D eigenvalue weighted by Gasteiger charge is 2.46. The van der Waals surface area contributed by atoms with Crippen molar-refractivity contribution in [3.8, 4) is 11.8 Å². The number of alkyl halides is 3. The van der Waals surface area contributed by atoms with Crippen LogP contribution in [-0.2, 0) is 20.2 Å². The second-order valence-corrected chi connectivity index (χ2v) is 6.09. The van der Waals surface area contributed by atoms with Crippen LogP contribution in [0.15, 0.2) is 24.3 Å². The van der Waals surface area contributed by atoms with Crippen LogP contribution in [0.25, 0.3) is 10.8 Å².